The lowest BCUT2D eigenvalue weighted by atomic mass is 9.68. The van der Waals surface area contributed by atoms with E-state index in [1.807, 2.05) is 0 Å². The molecular formula is C76H58. The minimum Gasteiger partial charge on any atom is -0.0622 e. The average Bonchev–Trinajstić information content (AvgIpc) is 4.19. The van der Waals surface area contributed by atoms with Crippen molar-refractivity contribution in [1.82, 2.24) is 0 Å². The molecule has 0 radical (unpaired) electrons. The molecule has 2 atom stereocenters. The molecule has 0 nitrogen and oxygen atoms in total. The van der Waals surface area contributed by atoms with E-state index in [9.17, 15) is 0 Å². The summed E-state index contributed by atoms with van der Waals surface area (Å²) in [5.74, 6) is 0.155. The van der Waals surface area contributed by atoms with E-state index in [1.165, 1.54) is 139 Å². The predicted octanol–water partition coefficient (Wildman–Crippen LogP) is 19.4. The molecule has 0 heterocycles. The molecule has 4 aliphatic carbocycles. The SMILES string of the molecule is CC1(C)c2ccccc2-c2ccc(C(CCc3ccccc3C34c5ccccc5-c5cccc(c53)-c3cc(-c5ccccc5-c5ccccc5)ccc34)c3ccc4c(c3)C(C)(C)c3cc(-c5ccccc5)ccc3-4)cc21. The van der Waals surface area contributed by atoms with Crippen molar-refractivity contribution in [2.45, 2.75) is 62.7 Å². The molecule has 0 bridgehead atoms. The van der Waals surface area contributed by atoms with Gasteiger partial charge in [-0.2, -0.15) is 0 Å². The van der Waals surface area contributed by atoms with E-state index in [0.717, 1.165) is 12.8 Å². The van der Waals surface area contributed by atoms with Gasteiger partial charge in [0.2, 0.25) is 0 Å². The normalized spacial score (nSPS) is 16.5. The second-order valence-corrected chi connectivity index (χ2v) is 23.0. The van der Waals surface area contributed by atoms with Crippen LogP contribution in [0.2, 0.25) is 0 Å². The molecule has 362 valence electrons. The Hall–Kier alpha value is -8.58. The maximum Gasteiger partial charge on any atom is 0.0728 e. The minimum atomic E-state index is -0.466. The molecule has 0 aromatic heterocycles. The van der Waals surface area contributed by atoms with Crippen molar-refractivity contribution < 1.29 is 0 Å². The van der Waals surface area contributed by atoms with Crippen LogP contribution in [-0.2, 0) is 22.7 Å². The maximum atomic E-state index is 2.59. The van der Waals surface area contributed by atoms with Gasteiger partial charge in [0, 0.05) is 16.7 Å². The fourth-order valence-electron chi connectivity index (χ4n) is 14.8. The Kier molecular flexibility index (Phi) is 9.87. The fourth-order valence-corrected chi connectivity index (χ4v) is 14.8. The Morgan fingerprint density at radius 2 is 0.724 bits per heavy atom. The van der Waals surface area contributed by atoms with Crippen LogP contribution in [0.4, 0.5) is 0 Å². The summed E-state index contributed by atoms with van der Waals surface area (Å²) < 4.78 is 0. The Bertz CT molecular complexity index is 4170. The van der Waals surface area contributed by atoms with E-state index in [0.29, 0.717) is 0 Å². The average molecular weight is 971 g/mol. The van der Waals surface area contributed by atoms with Crippen molar-refractivity contribution >= 4 is 0 Å². The number of benzene rings is 11. The summed E-state index contributed by atoms with van der Waals surface area (Å²) in [4.78, 5) is 0. The molecule has 2 unspecified atom stereocenters. The highest BCUT2D eigenvalue weighted by Gasteiger charge is 2.53. The molecule has 11 aromatic carbocycles. The summed E-state index contributed by atoms with van der Waals surface area (Å²) in [5.41, 5.74) is 33.1. The lowest BCUT2D eigenvalue weighted by molar-refractivity contribution is 0.648. The zero-order valence-electron chi connectivity index (χ0n) is 43.7. The van der Waals surface area contributed by atoms with Crippen LogP contribution in [0.25, 0.3) is 77.9 Å². The molecule has 0 spiro atoms. The van der Waals surface area contributed by atoms with Gasteiger partial charge >= 0.3 is 0 Å². The van der Waals surface area contributed by atoms with Crippen molar-refractivity contribution in [2.24, 2.45) is 0 Å². The Morgan fingerprint density at radius 1 is 0.276 bits per heavy atom. The van der Waals surface area contributed by atoms with Crippen LogP contribution in [-0.4, -0.2) is 0 Å². The van der Waals surface area contributed by atoms with Crippen LogP contribution in [0.1, 0.15) is 101 Å². The number of rotatable bonds is 9. The first-order valence-electron chi connectivity index (χ1n) is 27.4. The van der Waals surface area contributed by atoms with E-state index >= 15 is 0 Å². The molecule has 76 heavy (non-hydrogen) atoms. The van der Waals surface area contributed by atoms with Gasteiger partial charge in [0.15, 0.2) is 0 Å². The van der Waals surface area contributed by atoms with Gasteiger partial charge in [-0.05, 0) is 164 Å². The second kappa shape index (κ2) is 16.7. The first-order valence-corrected chi connectivity index (χ1v) is 27.4. The number of hydrogen-bond acceptors (Lipinski definition) is 0. The lowest BCUT2D eigenvalue weighted by Crippen LogP contribution is -2.27. The molecule has 0 saturated heterocycles. The third-order valence-electron chi connectivity index (χ3n) is 18.4. The van der Waals surface area contributed by atoms with Crippen LogP contribution < -0.4 is 0 Å². The van der Waals surface area contributed by atoms with Crippen molar-refractivity contribution in [3.63, 3.8) is 0 Å². The smallest absolute Gasteiger partial charge is 0.0622 e. The van der Waals surface area contributed by atoms with Crippen LogP contribution in [0.5, 0.6) is 0 Å². The summed E-state index contributed by atoms with van der Waals surface area (Å²) in [6.07, 6.45) is 1.88. The zero-order chi connectivity index (χ0) is 50.9. The van der Waals surface area contributed by atoms with Gasteiger partial charge in [0.1, 0.15) is 0 Å². The molecule has 15 rings (SSSR count). The van der Waals surface area contributed by atoms with Crippen molar-refractivity contribution in [3.05, 3.63) is 310 Å². The molecule has 4 aliphatic rings. The quantitative estimate of drug-likeness (QED) is 0.135. The molecule has 0 fully saturated rings. The Morgan fingerprint density at radius 3 is 1.39 bits per heavy atom. The third kappa shape index (κ3) is 6.37. The molecular weight excluding hydrogens is 913 g/mol. The highest BCUT2D eigenvalue weighted by molar-refractivity contribution is 6.00. The largest absolute Gasteiger partial charge is 0.0728 e. The zero-order valence-corrected chi connectivity index (χ0v) is 43.7. The first kappa shape index (κ1) is 44.9. The van der Waals surface area contributed by atoms with Gasteiger partial charge in [-0.25, -0.2) is 0 Å². The second-order valence-electron chi connectivity index (χ2n) is 23.0. The minimum absolute atomic E-state index is 0.101. The van der Waals surface area contributed by atoms with Crippen molar-refractivity contribution in [1.29, 1.82) is 0 Å². The van der Waals surface area contributed by atoms with E-state index in [-0.39, 0.29) is 16.7 Å². The van der Waals surface area contributed by atoms with Gasteiger partial charge in [-0.3, -0.25) is 0 Å². The van der Waals surface area contributed by atoms with Gasteiger partial charge in [-0.15, -0.1) is 0 Å². The standard InChI is InChI=1S/C76H58/c1-74(2)67-32-17-14-27-58(67)60-41-36-53(46-71(60)74)55(54-37-42-62-61-40-35-51(48-20-7-5-8-21-48)45-70(61)75(3,4)72(62)47-54)39-34-50-24-11-16-31-66(50)76-68-33-18-15-28-59(68)63-29-19-30-64(73(63)76)65-44-52(38-43-69(65)76)57-26-13-12-25-56(57)49-22-9-6-10-23-49/h5-33,35-38,40-47,55H,34,39H2,1-4H3. The van der Waals surface area contributed by atoms with Gasteiger partial charge < -0.3 is 0 Å². The summed E-state index contributed by atoms with van der Waals surface area (Å²) >= 11 is 0. The van der Waals surface area contributed by atoms with Crippen LogP contribution in [0, 0.1) is 0 Å². The molecule has 0 saturated carbocycles. The topological polar surface area (TPSA) is 0 Å². The Balaban J connectivity index is 0.872. The molecule has 0 aliphatic heterocycles. The number of fused-ring (bicyclic) bond motifs is 12. The van der Waals surface area contributed by atoms with E-state index in [1.54, 1.807) is 0 Å². The molecule has 0 heteroatoms. The highest BCUT2D eigenvalue weighted by Crippen LogP contribution is 2.65. The fraction of sp³-hybridized carbons (Fsp3) is 0.132. The van der Waals surface area contributed by atoms with Crippen LogP contribution in [0.15, 0.2) is 249 Å². The summed E-state index contributed by atoms with van der Waals surface area (Å²) in [5, 5.41) is 0. The van der Waals surface area contributed by atoms with Crippen LogP contribution in [0.3, 0.4) is 0 Å². The first-order chi connectivity index (χ1) is 37.2. The van der Waals surface area contributed by atoms with Gasteiger partial charge in [0.25, 0.3) is 0 Å². The summed E-state index contributed by atoms with van der Waals surface area (Å²) in [6, 6.07) is 95.0. The number of hydrogen-bond donors (Lipinski definition) is 0. The highest BCUT2D eigenvalue weighted by atomic mass is 14.5. The van der Waals surface area contributed by atoms with E-state index in [4.69, 9.17) is 0 Å². The third-order valence-corrected chi connectivity index (χ3v) is 18.4. The van der Waals surface area contributed by atoms with Crippen molar-refractivity contribution in [2.75, 3.05) is 0 Å². The lowest BCUT2D eigenvalue weighted by Gasteiger charge is -2.33. The summed E-state index contributed by atoms with van der Waals surface area (Å²) in [6.45, 7) is 9.71. The number of aryl methyl sites for hydroxylation is 1. The van der Waals surface area contributed by atoms with E-state index in [2.05, 4.69) is 276 Å². The van der Waals surface area contributed by atoms with E-state index < -0.39 is 5.41 Å². The summed E-state index contributed by atoms with van der Waals surface area (Å²) in [7, 11) is 0. The molecule has 0 N–H and O–H groups in total. The van der Waals surface area contributed by atoms with Gasteiger partial charge in [0.05, 0.1) is 5.41 Å². The monoisotopic (exact) mass is 970 g/mol. The Labute approximate surface area is 448 Å². The maximum absolute atomic E-state index is 2.59. The molecule has 11 aromatic rings. The van der Waals surface area contributed by atoms with Crippen molar-refractivity contribution in [3.8, 4) is 77.9 Å². The predicted molar refractivity (Wildman–Crippen MR) is 317 cm³/mol. The van der Waals surface area contributed by atoms with Crippen LogP contribution >= 0.6 is 0 Å². The molecule has 0 amide bonds. The van der Waals surface area contributed by atoms with Gasteiger partial charge in [-0.1, -0.05) is 264 Å².